The third-order valence-corrected chi connectivity index (χ3v) is 8.37. The number of nitrogens with one attached hydrogen (secondary N) is 4. The quantitative estimate of drug-likeness (QED) is 0.132. The van der Waals surface area contributed by atoms with Gasteiger partial charge in [-0.15, -0.1) is 0 Å². The summed E-state index contributed by atoms with van der Waals surface area (Å²) in [6.07, 6.45) is 0.780. The molecule has 1 saturated heterocycles. The molecule has 1 fully saturated rings. The number of nitrogens with zero attached hydrogens (tertiary/aromatic N) is 1. The molecule has 2 rings (SSSR count). The lowest BCUT2D eigenvalue weighted by Crippen LogP contribution is -2.54. The number of likely N-dealkylation sites (tertiary alicyclic amines) is 1. The monoisotopic (exact) mass is 720 g/mol. The minimum Gasteiger partial charge on any atom is -0.445 e. The van der Waals surface area contributed by atoms with E-state index >= 15 is 0 Å². The van der Waals surface area contributed by atoms with Crippen molar-refractivity contribution >= 4 is 35.5 Å². The van der Waals surface area contributed by atoms with Gasteiger partial charge in [-0.1, -0.05) is 67.5 Å². The second kappa shape index (κ2) is 20.2. The smallest absolute Gasteiger partial charge is 0.410 e. The van der Waals surface area contributed by atoms with Crippen LogP contribution in [-0.4, -0.2) is 85.3 Å². The van der Waals surface area contributed by atoms with Crippen molar-refractivity contribution in [3.63, 3.8) is 0 Å². The molecule has 0 bridgehead atoms. The SMILES string of the molecule is CC(C)[C@H](NC(=O)CCOCCC(C)(C)C)C(=O)N[C@@H](CCCNC(N)=O)C(=O)Nc1ccc(COC(=O)N2C[C@@H](F)C[C@H]2CC(C)(C)C)cc1. The molecule has 4 atom stereocenters. The van der Waals surface area contributed by atoms with Gasteiger partial charge in [-0.2, -0.15) is 0 Å². The van der Waals surface area contributed by atoms with Crippen molar-refractivity contribution in [3.05, 3.63) is 29.8 Å². The Morgan fingerprint density at radius 2 is 1.63 bits per heavy atom. The van der Waals surface area contributed by atoms with Crippen LogP contribution in [-0.2, 0) is 30.5 Å². The maximum Gasteiger partial charge on any atom is 0.410 e. The summed E-state index contributed by atoms with van der Waals surface area (Å²) in [6, 6.07) is 3.86. The minimum atomic E-state index is -1.08. The Balaban J connectivity index is 2.00. The van der Waals surface area contributed by atoms with Gasteiger partial charge in [0.25, 0.3) is 0 Å². The molecule has 0 aromatic heterocycles. The van der Waals surface area contributed by atoms with Crippen LogP contribution in [0.15, 0.2) is 24.3 Å². The number of halogens is 1. The average Bonchev–Trinajstić information content (AvgIpc) is 3.37. The Morgan fingerprint density at radius 1 is 0.961 bits per heavy atom. The summed E-state index contributed by atoms with van der Waals surface area (Å²) >= 11 is 0. The second-order valence-electron chi connectivity index (χ2n) is 16.1. The van der Waals surface area contributed by atoms with Crippen LogP contribution in [0, 0.1) is 16.7 Å². The topological polar surface area (TPSA) is 181 Å². The minimum absolute atomic E-state index is 0.0118. The number of nitrogens with two attached hydrogens (primary N) is 1. The third kappa shape index (κ3) is 17.2. The van der Waals surface area contributed by atoms with Crippen LogP contribution in [0.25, 0.3) is 0 Å². The Labute approximate surface area is 302 Å². The van der Waals surface area contributed by atoms with Gasteiger partial charge in [0.15, 0.2) is 0 Å². The first-order chi connectivity index (χ1) is 23.7. The number of anilines is 1. The zero-order valence-electron chi connectivity index (χ0n) is 31.7. The number of hydrogen-bond donors (Lipinski definition) is 5. The number of rotatable bonds is 18. The highest BCUT2D eigenvalue weighted by Gasteiger charge is 2.38. The lowest BCUT2D eigenvalue weighted by Gasteiger charge is -2.29. The van der Waals surface area contributed by atoms with E-state index in [0.717, 1.165) is 6.42 Å². The fraction of sp³-hybridized carbons (Fsp3) is 0.703. The Morgan fingerprint density at radius 3 is 2.22 bits per heavy atom. The Hall–Kier alpha value is -3.94. The van der Waals surface area contributed by atoms with Crippen molar-refractivity contribution in [3.8, 4) is 0 Å². The standard InChI is InChI=1S/C37H61FN6O7/c1-24(2)31(43-30(45)15-18-50-19-16-36(3,4)5)33(47)42-29(10-9-17-40-34(39)48)32(46)41-27-13-11-25(12-14-27)23-51-35(49)44-22-26(38)20-28(44)21-37(6,7)8/h11-14,24,26,28-29,31H,9-10,15-23H2,1-8H3,(H,41,46)(H,42,47)(H,43,45)(H3,39,40,48)/t26-,28-,29-,31-/m0/s1. The molecule has 6 N–H and O–H groups in total. The predicted octanol–water partition coefficient (Wildman–Crippen LogP) is 5.03. The van der Waals surface area contributed by atoms with Crippen molar-refractivity contribution in [2.75, 3.05) is 31.6 Å². The number of urea groups is 1. The predicted molar refractivity (Wildman–Crippen MR) is 194 cm³/mol. The van der Waals surface area contributed by atoms with Crippen LogP contribution < -0.4 is 27.0 Å². The first kappa shape index (κ1) is 43.2. The molecule has 1 aromatic rings. The van der Waals surface area contributed by atoms with Crippen LogP contribution in [0.5, 0.6) is 0 Å². The highest BCUT2D eigenvalue weighted by Crippen LogP contribution is 2.31. The number of benzene rings is 1. The molecule has 0 radical (unpaired) electrons. The van der Waals surface area contributed by atoms with Gasteiger partial charge in [0.2, 0.25) is 17.7 Å². The molecule has 1 aliphatic rings. The maximum absolute atomic E-state index is 14.2. The van der Waals surface area contributed by atoms with Crippen LogP contribution >= 0.6 is 0 Å². The fourth-order valence-electron chi connectivity index (χ4n) is 5.60. The molecule has 13 nitrogen and oxygen atoms in total. The van der Waals surface area contributed by atoms with Crippen molar-refractivity contribution in [2.24, 2.45) is 22.5 Å². The van der Waals surface area contributed by atoms with E-state index in [1.807, 2.05) is 0 Å². The summed E-state index contributed by atoms with van der Waals surface area (Å²) in [5.41, 5.74) is 6.33. The first-order valence-corrected chi connectivity index (χ1v) is 17.9. The van der Waals surface area contributed by atoms with Crippen LogP contribution in [0.4, 0.5) is 19.7 Å². The number of ether oxygens (including phenoxy) is 2. The van der Waals surface area contributed by atoms with Gasteiger partial charge in [-0.05, 0) is 60.1 Å². The molecule has 0 aliphatic carbocycles. The highest BCUT2D eigenvalue weighted by atomic mass is 19.1. The van der Waals surface area contributed by atoms with Gasteiger partial charge in [0.1, 0.15) is 24.9 Å². The Bertz CT molecular complexity index is 1300. The van der Waals surface area contributed by atoms with E-state index in [1.54, 1.807) is 38.1 Å². The molecule has 1 aliphatic heterocycles. The van der Waals surface area contributed by atoms with E-state index < -0.39 is 42.2 Å². The molecular formula is C37H61FN6O7. The van der Waals surface area contributed by atoms with Gasteiger partial charge >= 0.3 is 12.1 Å². The summed E-state index contributed by atoms with van der Waals surface area (Å²) in [7, 11) is 0. The molecular weight excluding hydrogens is 659 g/mol. The number of alkyl halides is 1. The van der Waals surface area contributed by atoms with Crippen LogP contribution in [0.2, 0.25) is 0 Å². The maximum atomic E-state index is 14.2. The number of amides is 6. The van der Waals surface area contributed by atoms with Crippen molar-refractivity contribution in [2.45, 2.75) is 125 Å². The van der Waals surface area contributed by atoms with Gasteiger partial charge in [-0.25, -0.2) is 14.0 Å². The fourth-order valence-corrected chi connectivity index (χ4v) is 5.60. The third-order valence-electron chi connectivity index (χ3n) is 8.37. The first-order valence-electron chi connectivity index (χ1n) is 17.9. The molecule has 0 unspecified atom stereocenters. The van der Waals surface area contributed by atoms with E-state index in [9.17, 15) is 28.4 Å². The van der Waals surface area contributed by atoms with E-state index in [2.05, 4.69) is 62.8 Å². The van der Waals surface area contributed by atoms with Crippen LogP contribution in [0.1, 0.15) is 99.5 Å². The van der Waals surface area contributed by atoms with E-state index in [-0.39, 0.29) is 67.8 Å². The van der Waals surface area contributed by atoms with Crippen molar-refractivity contribution in [1.82, 2.24) is 20.9 Å². The lowest BCUT2D eigenvalue weighted by molar-refractivity contribution is -0.132. The van der Waals surface area contributed by atoms with Gasteiger partial charge in [0, 0.05) is 37.7 Å². The van der Waals surface area contributed by atoms with E-state index in [4.69, 9.17) is 15.2 Å². The Kier molecular flexibility index (Phi) is 17.1. The normalized spacial score (nSPS) is 17.4. The van der Waals surface area contributed by atoms with Crippen molar-refractivity contribution in [1.29, 1.82) is 0 Å². The molecule has 1 heterocycles. The lowest BCUT2D eigenvalue weighted by atomic mass is 9.87. The molecule has 288 valence electrons. The van der Waals surface area contributed by atoms with Gasteiger partial charge in [-0.3, -0.25) is 14.4 Å². The summed E-state index contributed by atoms with van der Waals surface area (Å²) < 4.78 is 25.3. The molecule has 6 amide bonds. The molecule has 0 spiro atoms. The van der Waals surface area contributed by atoms with E-state index in [1.165, 1.54) is 4.90 Å². The number of hydrogen-bond acceptors (Lipinski definition) is 7. The average molecular weight is 721 g/mol. The summed E-state index contributed by atoms with van der Waals surface area (Å²) in [5, 5.41) is 10.8. The van der Waals surface area contributed by atoms with Crippen LogP contribution in [0.3, 0.4) is 0 Å². The number of primary amides is 1. The molecule has 51 heavy (non-hydrogen) atoms. The molecule has 1 aromatic carbocycles. The number of carbonyl (C=O) groups is 5. The largest absolute Gasteiger partial charge is 0.445 e. The summed E-state index contributed by atoms with van der Waals surface area (Å²) in [6.45, 7) is 17.0. The zero-order chi connectivity index (χ0) is 38.4. The number of carbonyl (C=O) groups excluding carboxylic acids is 5. The van der Waals surface area contributed by atoms with Crippen molar-refractivity contribution < 1.29 is 37.8 Å². The molecule has 0 saturated carbocycles. The summed E-state index contributed by atoms with van der Waals surface area (Å²) in [5.74, 6) is -1.63. The zero-order valence-corrected chi connectivity index (χ0v) is 31.7. The highest BCUT2D eigenvalue weighted by molar-refractivity contribution is 5.98. The van der Waals surface area contributed by atoms with Gasteiger partial charge in [0.05, 0.1) is 13.2 Å². The van der Waals surface area contributed by atoms with Gasteiger partial charge < -0.3 is 41.4 Å². The molecule has 14 heteroatoms. The van der Waals surface area contributed by atoms with E-state index in [0.29, 0.717) is 37.1 Å². The summed E-state index contributed by atoms with van der Waals surface area (Å²) in [4.78, 5) is 64.9. The second-order valence-corrected chi connectivity index (χ2v) is 16.1.